The number of nitrogens with zero attached hydrogens (tertiary/aromatic N) is 2. The number of H-pyrrole nitrogens is 1. The number of aromatic nitrogens is 3. The van der Waals surface area contributed by atoms with Gasteiger partial charge in [0, 0.05) is 33.6 Å². The second-order valence-corrected chi connectivity index (χ2v) is 9.37. The predicted octanol–water partition coefficient (Wildman–Crippen LogP) is 6.15. The van der Waals surface area contributed by atoms with E-state index in [9.17, 15) is 9.90 Å². The maximum atomic E-state index is 13.5. The van der Waals surface area contributed by atoms with Crippen molar-refractivity contribution in [2.24, 2.45) is 0 Å². The minimum Gasteiger partial charge on any atom is -0.508 e. The molecule has 0 radical (unpaired) electrons. The summed E-state index contributed by atoms with van der Waals surface area (Å²) in [5.74, 6) is 0.805. The van der Waals surface area contributed by atoms with E-state index in [1.807, 2.05) is 43.3 Å². The number of phenolic OH excluding ortho intramolecular Hbond substituents is 1. The van der Waals surface area contributed by atoms with Gasteiger partial charge in [-0.25, -0.2) is 4.98 Å². The van der Waals surface area contributed by atoms with Crippen LogP contribution in [0.25, 0.3) is 38.4 Å². The van der Waals surface area contributed by atoms with Crippen molar-refractivity contribution in [1.29, 1.82) is 0 Å². The maximum absolute atomic E-state index is 13.5. The van der Waals surface area contributed by atoms with Crippen molar-refractivity contribution in [3.05, 3.63) is 112 Å². The Labute approximate surface area is 200 Å². The first-order valence-corrected chi connectivity index (χ1v) is 11.9. The van der Waals surface area contributed by atoms with Crippen molar-refractivity contribution >= 4 is 21.4 Å². The zero-order chi connectivity index (χ0) is 23.2. The molecule has 0 bridgehead atoms. The first kappa shape index (κ1) is 20.4. The van der Waals surface area contributed by atoms with E-state index in [1.165, 1.54) is 10.3 Å². The first-order chi connectivity index (χ1) is 16.6. The fourth-order valence-electron chi connectivity index (χ4n) is 4.27. The summed E-state index contributed by atoms with van der Waals surface area (Å²) < 4.78 is 2.82. The average molecular weight is 464 g/mol. The lowest BCUT2D eigenvalue weighted by atomic mass is 10.1. The SMILES string of the molecule is Cc1ccc(Cc2nc3c(-c4csc5ccccc45)[nH]c(-c4ccc(O)cc4)cn-3c2=O)cc1. The molecule has 2 N–H and O–H groups in total. The zero-order valence-electron chi connectivity index (χ0n) is 18.4. The minimum absolute atomic E-state index is 0.120. The Morgan fingerprint density at radius 3 is 2.56 bits per heavy atom. The number of phenols is 1. The molecular weight excluding hydrogens is 442 g/mol. The molecule has 0 aliphatic carbocycles. The third-order valence-corrected chi connectivity index (χ3v) is 7.06. The van der Waals surface area contributed by atoms with Crippen molar-refractivity contribution in [1.82, 2.24) is 14.5 Å². The van der Waals surface area contributed by atoms with E-state index in [0.717, 1.165) is 33.5 Å². The van der Waals surface area contributed by atoms with Gasteiger partial charge in [0.25, 0.3) is 5.56 Å². The Balaban J connectivity index is 1.58. The highest BCUT2D eigenvalue weighted by Gasteiger charge is 2.22. The number of aromatic amines is 1. The lowest BCUT2D eigenvalue weighted by Gasteiger charge is -2.13. The van der Waals surface area contributed by atoms with Gasteiger partial charge in [-0.05, 0) is 48.4 Å². The fraction of sp³-hybridized carbons (Fsp3) is 0.0714. The van der Waals surface area contributed by atoms with Crippen LogP contribution in [0.3, 0.4) is 0 Å². The fourth-order valence-corrected chi connectivity index (χ4v) is 5.23. The molecule has 3 aromatic carbocycles. The number of aryl methyl sites for hydroxylation is 1. The number of hydrogen-bond acceptors (Lipinski definition) is 4. The summed E-state index contributed by atoms with van der Waals surface area (Å²) in [5, 5.41) is 13.0. The number of hydrogen-bond donors (Lipinski definition) is 2. The van der Waals surface area contributed by atoms with Crippen LogP contribution in [0.1, 0.15) is 16.8 Å². The molecule has 3 heterocycles. The molecule has 4 aromatic rings. The van der Waals surface area contributed by atoms with E-state index < -0.39 is 0 Å². The highest BCUT2D eigenvalue weighted by molar-refractivity contribution is 7.17. The van der Waals surface area contributed by atoms with Crippen molar-refractivity contribution in [2.45, 2.75) is 13.3 Å². The molecule has 5 nitrogen and oxygen atoms in total. The Morgan fingerprint density at radius 1 is 1.00 bits per heavy atom. The summed E-state index contributed by atoms with van der Waals surface area (Å²) in [7, 11) is 0. The van der Waals surface area contributed by atoms with Gasteiger partial charge in [-0.2, -0.15) is 0 Å². The maximum Gasteiger partial charge on any atom is 0.278 e. The molecule has 2 aliphatic heterocycles. The Kier molecular flexibility index (Phi) is 4.81. The predicted molar refractivity (Wildman–Crippen MR) is 137 cm³/mol. The smallest absolute Gasteiger partial charge is 0.278 e. The van der Waals surface area contributed by atoms with Crippen LogP contribution in [-0.4, -0.2) is 19.6 Å². The Morgan fingerprint density at radius 2 is 1.76 bits per heavy atom. The number of thiophene rings is 1. The minimum atomic E-state index is -0.120. The molecule has 1 aromatic heterocycles. The quantitative estimate of drug-likeness (QED) is 0.329. The lowest BCUT2D eigenvalue weighted by molar-refractivity contribution is 0.475. The van der Waals surface area contributed by atoms with Gasteiger partial charge in [0.1, 0.15) is 11.4 Å². The molecule has 34 heavy (non-hydrogen) atoms. The normalized spacial score (nSPS) is 11.4. The topological polar surface area (TPSA) is 70.9 Å². The molecule has 0 atom stereocenters. The highest BCUT2D eigenvalue weighted by atomic mass is 32.1. The van der Waals surface area contributed by atoms with Crippen LogP contribution < -0.4 is 5.56 Å². The third-order valence-electron chi connectivity index (χ3n) is 6.10. The van der Waals surface area contributed by atoms with Crippen LogP contribution >= 0.6 is 11.3 Å². The number of rotatable bonds is 4. The van der Waals surface area contributed by atoms with Gasteiger partial charge in [0.15, 0.2) is 5.82 Å². The number of fused-ring (bicyclic) bond motifs is 2. The molecule has 0 amide bonds. The Hall–Kier alpha value is -4.16. The zero-order valence-corrected chi connectivity index (χ0v) is 19.3. The number of imidazole rings is 1. The molecule has 0 fully saturated rings. The van der Waals surface area contributed by atoms with Crippen molar-refractivity contribution in [3.63, 3.8) is 0 Å². The number of benzene rings is 3. The summed E-state index contributed by atoms with van der Waals surface area (Å²) >= 11 is 1.67. The summed E-state index contributed by atoms with van der Waals surface area (Å²) in [4.78, 5) is 21.8. The van der Waals surface area contributed by atoms with Crippen LogP contribution in [-0.2, 0) is 6.42 Å². The summed E-state index contributed by atoms with van der Waals surface area (Å²) in [6, 6.07) is 23.4. The van der Waals surface area contributed by atoms with Crippen molar-refractivity contribution in [2.75, 3.05) is 0 Å². The van der Waals surface area contributed by atoms with E-state index in [0.29, 0.717) is 17.9 Å². The molecule has 6 rings (SSSR count). The third kappa shape index (κ3) is 3.49. The second kappa shape index (κ2) is 8.01. The second-order valence-electron chi connectivity index (χ2n) is 8.45. The molecule has 0 saturated heterocycles. The van der Waals surface area contributed by atoms with E-state index in [4.69, 9.17) is 4.98 Å². The number of nitrogens with one attached hydrogen (secondary N) is 1. The molecular formula is C28H21N3O2S. The number of aromatic hydroxyl groups is 1. The van der Waals surface area contributed by atoms with Crippen molar-refractivity contribution in [3.8, 4) is 34.1 Å². The van der Waals surface area contributed by atoms with Crippen molar-refractivity contribution < 1.29 is 5.11 Å². The average Bonchev–Trinajstić information content (AvgIpc) is 3.42. The van der Waals surface area contributed by atoms with Gasteiger partial charge in [0.05, 0.1) is 11.4 Å². The summed E-state index contributed by atoms with van der Waals surface area (Å²) in [5.41, 5.74) is 6.08. The van der Waals surface area contributed by atoms with E-state index >= 15 is 0 Å². The summed E-state index contributed by atoms with van der Waals surface area (Å²) in [6.07, 6.45) is 2.27. The van der Waals surface area contributed by atoms with E-state index in [2.05, 4.69) is 34.6 Å². The van der Waals surface area contributed by atoms with Gasteiger partial charge in [-0.15, -0.1) is 11.3 Å². The van der Waals surface area contributed by atoms with Gasteiger partial charge in [-0.1, -0.05) is 48.0 Å². The molecule has 6 heteroatoms. The lowest BCUT2D eigenvalue weighted by Crippen LogP contribution is -2.16. The molecule has 0 unspecified atom stereocenters. The summed E-state index contributed by atoms with van der Waals surface area (Å²) in [6.45, 7) is 2.05. The van der Waals surface area contributed by atoms with Crippen LogP contribution in [0.15, 0.2) is 89.2 Å². The van der Waals surface area contributed by atoms with E-state index in [-0.39, 0.29) is 11.3 Å². The largest absolute Gasteiger partial charge is 0.508 e. The van der Waals surface area contributed by atoms with Crippen LogP contribution in [0.4, 0.5) is 0 Å². The molecule has 0 spiro atoms. The van der Waals surface area contributed by atoms with Gasteiger partial charge in [0.2, 0.25) is 0 Å². The van der Waals surface area contributed by atoms with Gasteiger partial charge in [-0.3, -0.25) is 9.36 Å². The van der Waals surface area contributed by atoms with Crippen LogP contribution in [0, 0.1) is 6.92 Å². The standard InChI is InChI=1S/C28H21N3O2S/c1-17-6-8-18(9-7-17)14-23-28(33)31-15-24(19-10-12-20(32)13-11-19)29-26(27(31)30-23)22-16-34-25-5-3-2-4-21(22)25/h2-13,15-16,29,32H,14H2,1H3. The molecule has 166 valence electrons. The van der Waals surface area contributed by atoms with Gasteiger partial charge >= 0.3 is 0 Å². The molecule has 0 saturated carbocycles. The van der Waals surface area contributed by atoms with Crippen LogP contribution in [0.5, 0.6) is 5.75 Å². The van der Waals surface area contributed by atoms with Gasteiger partial charge < -0.3 is 10.1 Å². The van der Waals surface area contributed by atoms with E-state index in [1.54, 1.807) is 34.2 Å². The first-order valence-electron chi connectivity index (χ1n) is 11.0. The highest BCUT2D eigenvalue weighted by Crippen LogP contribution is 2.37. The Bertz CT molecular complexity index is 1660. The van der Waals surface area contributed by atoms with Crippen LogP contribution in [0.2, 0.25) is 0 Å². The monoisotopic (exact) mass is 463 g/mol. The molecule has 2 aliphatic rings.